The van der Waals surface area contributed by atoms with E-state index in [4.69, 9.17) is 5.73 Å². The van der Waals surface area contributed by atoms with Crippen LogP contribution in [0, 0.1) is 13.8 Å². The number of nitrogens with zero attached hydrogens (tertiary/aromatic N) is 1. The number of hydrogen-bond donors (Lipinski definition) is 1. The summed E-state index contributed by atoms with van der Waals surface area (Å²) >= 11 is 1.86. The molecule has 2 atom stereocenters. The van der Waals surface area contributed by atoms with Crippen LogP contribution < -0.4 is 5.73 Å². The molecule has 1 aromatic carbocycles. The van der Waals surface area contributed by atoms with Gasteiger partial charge in [0.1, 0.15) is 0 Å². The molecule has 0 aliphatic carbocycles. The van der Waals surface area contributed by atoms with E-state index in [1.54, 1.807) is 0 Å². The summed E-state index contributed by atoms with van der Waals surface area (Å²) < 4.78 is 0. The zero-order valence-corrected chi connectivity index (χ0v) is 14.3. The number of thiophene rings is 1. The monoisotopic (exact) mass is 302 g/mol. The summed E-state index contributed by atoms with van der Waals surface area (Å²) in [7, 11) is 2.18. The molecule has 21 heavy (non-hydrogen) atoms. The Balaban J connectivity index is 2.22. The van der Waals surface area contributed by atoms with Crippen molar-refractivity contribution in [1.29, 1.82) is 0 Å². The summed E-state index contributed by atoms with van der Waals surface area (Å²) in [5.74, 6) is 0. The van der Waals surface area contributed by atoms with E-state index in [1.165, 1.54) is 20.9 Å². The highest BCUT2D eigenvalue weighted by Gasteiger charge is 2.24. The molecule has 3 heteroatoms. The molecule has 0 aliphatic heterocycles. The number of hydrogen-bond acceptors (Lipinski definition) is 3. The van der Waals surface area contributed by atoms with Crippen molar-refractivity contribution in [2.45, 2.75) is 45.8 Å². The highest BCUT2D eigenvalue weighted by atomic mass is 32.1. The second-order valence-electron chi connectivity index (χ2n) is 5.81. The molecular weight excluding hydrogens is 276 g/mol. The smallest absolute Gasteiger partial charge is 0.0593 e. The first kappa shape index (κ1) is 16.2. The van der Waals surface area contributed by atoms with Crippen molar-refractivity contribution in [3.05, 3.63) is 57.3 Å². The Bertz CT molecular complexity index is 576. The molecule has 2 unspecified atom stereocenters. The zero-order valence-electron chi connectivity index (χ0n) is 13.5. The number of likely N-dealkylation sites (N-methyl/N-ethyl adjacent to an activating group) is 1. The van der Waals surface area contributed by atoms with Gasteiger partial charge in [0.15, 0.2) is 0 Å². The molecule has 0 spiro atoms. The minimum Gasteiger partial charge on any atom is -0.326 e. The molecule has 0 saturated carbocycles. The van der Waals surface area contributed by atoms with Crippen LogP contribution in [0.3, 0.4) is 0 Å². The third-order valence-electron chi connectivity index (χ3n) is 4.09. The molecule has 2 N–H and O–H groups in total. The second-order valence-corrected chi connectivity index (χ2v) is 7.13. The zero-order chi connectivity index (χ0) is 15.4. The predicted molar refractivity (Wildman–Crippen MR) is 92.7 cm³/mol. The molecule has 0 amide bonds. The number of nitrogens with two attached hydrogens (primary N) is 1. The van der Waals surface area contributed by atoms with Crippen molar-refractivity contribution in [2.24, 2.45) is 5.73 Å². The average molecular weight is 302 g/mol. The topological polar surface area (TPSA) is 29.3 Å². The standard InChI is InChI=1S/C18H26N2S/c1-5-16(19)18(17-11-10-14(3)21-17)20(4)12-15-9-7-6-8-13(15)2/h6-11,16,18H,5,12,19H2,1-4H3. The summed E-state index contributed by atoms with van der Waals surface area (Å²) in [6, 6.07) is 13.5. The maximum absolute atomic E-state index is 6.42. The summed E-state index contributed by atoms with van der Waals surface area (Å²) in [5.41, 5.74) is 9.14. The van der Waals surface area contributed by atoms with E-state index >= 15 is 0 Å². The van der Waals surface area contributed by atoms with Gasteiger partial charge in [-0.2, -0.15) is 0 Å². The quantitative estimate of drug-likeness (QED) is 0.863. The van der Waals surface area contributed by atoms with Crippen LogP contribution in [0.2, 0.25) is 0 Å². The fraction of sp³-hybridized carbons (Fsp3) is 0.444. The molecule has 1 aromatic heterocycles. The molecule has 0 radical (unpaired) electrons. The molecule has 0 fully saturated rings. The van der Waals surface area contributed by atoms with E-state index in [0.29, 0.717) is 0 Å². The van der Waals surface area contributed by atoms with Gasteiger partial charge in [-0.1, -0.05) is 31.2 Å². The van der Waals surface area contributed by atoms with E-state index in [-0.39, 0.29) is 12.1 Å². The molecule has 0 bridgehead atoms. The van der Waals surface area contributed by atoms with E-state index in [0.717, 1.165) is 13.0 Å². The lowest BCUT2D eigenvalue weighted by molar-refractivity contribution is 0.204. The fourth-order valence-electron chi connectivity index (χ4n) is 2.75. The van der Waals surface area contributed by atoms with Crippen molar-refractivity contribution in [1.82, 2.24) is 4.90 Å². The Labute approximate surface area is 132 Å². The molecule has 2 nitrogen and oxygen atoms in total. The number of benzene rings is 1. The molecule has 1 heterocycles. The Kier molecular flexibility index (Phi) is 5.57. The van der Waals surface area contributed by atoms with E-state index in [2.05, 4.69) is 69.1 Å². The van der Waals surface area contributed by atoms with Crippen LogP contribution in [0.25, 0.3) is 0 Å². The Morgan fingerprint density at radius 2 is 1.86 bits per heavy atom. The SMILES string of the molecule is CCC(N)C(c1ccc(C)s1)N(C)Cc1ccccc1C. The molecular formula is C18H26N2S. The highest BCUT2D eigenvalue weighted by Crippen LogP contribution is 2.31. The molecule has 114 valence electrons. The molecule has 0 saturated heterocycles. The number of rotatable bonds is 6. The van der Waals surface area contributed by atoms with Crippen LogP contribution in [0.1, 0.15) is 40.3 Å². The predicted octanol–water partition coefficient (Wildman–Crippen LogP) is 4.28. The largest absolute Gasteiger partial charge is 0.326 e. The second kappa shape index (κ2) is 7.21. The van der Waals surface area contributed by atoms with Crippen LogP contribution in [0.15, 0.2) is 36.4 Å². The molecule has 2 aromatic rings. The summed E-state index contributed by atoms with van der Waals surface area (Å²) in [6.45, 7) is 7.43. The fourth-order valence-corrected chi connectivity index (χ4v) is 3.86. The van der Waals surface area contributed by atoms with Gasteiger partial charge in [-0.25, -0.2) is 0 Å². The van der Waals surface area contributed by atoms with Gasteiger partial charge in [0.2, 0.25) is 0 Å². The Morgan fingerprint density at radius 1 is 1.14 bits per heavy atom. The maximum atomic E-state index is 6.42. The van der Waals surface area contributed by atoms with Crippen LogP contribution in [0.4, 0.5) is 0 Å². The van der Waals surface area contributed by atoms with Crippen molar-refractivity contribution in [3.63, 3.8) is 0 Å². The van der Waals surface area contributed by atoms with Crippen molar-refractivity contribution < 1.29 is 0 Å². The lowest BCUT2D eigenvalue weighted by Crippen LogP contribution is -2.38. The Morgan fingerprint density at radius 3 is 2.43 bits per heavy atom. The van der Waals surface area contributed by atoms with Gasteiger partial charge in [-0.05, 0) is 50.6 Å². The Hall–Kier alpha value is -1.16. The summed E-state index contributed by atoms with van der Waals surface area (Å²) in [5, 5.41) is 0. The summed E-state index contributed by atoms with van der Waals surface area (Å²) in [4.78, 5) is 5.11. The third-order valence-corrected chi connectivity index (χ3v) is 5.16. The third kappa shape index (κ3) is 3.94. The van der Waals surface area contributed by atoms with Crippen molar-refractivity contribution in [3.8, 4) is 0 Å². The van der Waals surface area contributed by atoms with E-state index in [9.17, 15) is 0 Å². The van der Waals surface area contributed by atoms with Crippen molar-refractivity contribution >= 4 is 11.3 Å². The summed E-state index contributed by atoms with van der Waals surface area (Å²) in [6.07, 6.45) is 0.986. The lowest BCUT2D eigenvalue weighted by Gasteiger charge is -2.32. The van der Waals surface area contributed by atoms with Gasteiger partial charge in [0, 0.05) is 22.3 Å². The van der Waals surface area contributed by atoms with Gasteiger partial charge >= 0.3 is 0 Å². The van der Waals surface area contributed by atoms with Gasteiger partial charge in [0.05, 0.1) is 6.04 Å². The van der Waals surface area contributed by atoms with E-state index in [1.807, 2.05) is 11.3 Å². The van der Waals surface area contributed by atoms with Crippen molar-refractivity contribution in [2.75, 3.05) is 7.05 Å². The van der Waals surface area contributed by atoms with E-state index < -0.39 is 0 Å². The highest BCUT2D eigenvalue weighted by molar-refractivity contribution is 7.12. The number of aryl methyl sites for hydroxylation is 2. The minimum absolute atomic E-state index is 0.164. The van der Waals surface area contributed by atoms with Crippen LogP contribution in [0.5, 0.6) is 0 Å². The first-order valence-corrected chi connectivity index (χ1v) is 8.41. The maximum Gasteiger partial charge on any atom is 0.0593 e. The van der Waals surface area contributed by atoms with Crippen LogP contribution >= 0.6 is 11.3 Å². The van der Waals surface area contributed by atoms with Gasteiger partial charge in [0.25, 0.3) is 0 Å². The first-order valence-electron chi connectivity index (χ1n) is 7.59. The first-order chi connectivity index (χ1) is 10.0. The average Bonchev–Trinajstić information content (AvgIpc) is 2.87. The lowest BCUT2D eigenvalue weighted by atomic mass is 10.0. The molecule has 2 rings (SSSR count). The molecule has 0 aliphatic rings. The van der Waals surface area contributed by atoms with Gasteiger partial charge in [-0.15, -0.1) is 11.3 Å². The van der Waals surface area contributed by atoms with Crippen LogP contribution in [-0.2, 0) is 6.54 Å². The normalized spacial score (nSPS) is 14.4. The van der Waals surface area contributed by atoms with Gasteiger partial charge in [-0.3, -0.25) is 4.90 Å². The van der Waals surface area contributed by atoms with Crippen LogP contribution in [-0.4, -0.2) is 18.0 Å². The van der Waals surface area contributed by atoms with Gasteiger partial charge < -0.3 is 5.73 Å². The minimum atomic E-state index is 0.164.